The molecule has 3 rings (SSSR count). The minimum absolute atomic E-state index is 0.293. The highest BCUT2D eigenvalue weighted by atomic mass is 32.7. The van der Waals surface area contributed by atoms with Gasteiger partial charge < -0.3 is 28.3 Å². The lowest BCUT2D eigenvalue weighted by molar-refractivity contribution is -0.302. The molecule has 0 N–H and O–H groups in total. The van der Waals surface area contributed by atoms with Crippen LogP contribution < -0.4 is 19.3 Å². The van der Waals surface area contributed by atoms with Crippen LogP contribution in [0.5, 0.6) is 11.5 Å². The number of benzene rings is 2. The lowest BCUT2D eigenvalue weighted by atomic mass is 10.00. The van der Waals surface area contributed by atoms with Crippen LogP contribution >= 0.6 is 18.2 Å². The molecule has 0 amide bonds. The Kier molecular flexibility index (Phi) is 5.62. The fourth-order valence-electron chi connectivity index (χ4n) is 2.77. The molecule has 0 aliphatic rings. The Balaban J connectivity index is 2.00. The number of rotatable bonds is 6. The third kappa shape index (κ3) is 4.36. The van der Waals surface area contributed by atoms with Crippen molar-refractivity contribution >= 4 is 18.2 Å². The Morgan fingerprint density at radius 1 is 1.07 bits per heavy atom. The first kappa shape index (κ1) is 19.5. The summed E-state index contributed by atoms with van der Waals surface area (Å²) in [4.78, 5) is 22.1. The summed E-state index contributed by atoms with van der Waals surface area (Å²) < 4.78 is 26.8. The van der Waals surface area contributed by atoms with E-state index < -0.39 is 6.80 Å². The SMILES string of the molecule is COc1cc(-c2nocc2-c2ccc(SP(=O)([O-])[O-])cc2)cc(C)c1OC. The van der Waals surface area contributed by atoms with Gasteiger partial charge in [0.05, 0.1) is 14.2 Å². The quantitative estimate of drug-likeness (QED) is 0.575. The van der Waals surface area contributed by atoms with Crippen molar-refractivity contribution in [3.05, 3.63) is 48.2 Å². The number of aryl methyl sites for hydroxylation is 1. The van der Waals surface area contributed by atoms with Gasteiger partial charge in [0.2, 0.25) is 0 Å². The smallest absolute Gasteiger partial charge is 0.163 e. The van der Waals surface area contributed by atoms with Gasteiger partial charge in [-0.15, -0.1) is 0 Å². The third-order valence-corrected chi connectivity index (χ3v) is 5.90. The van der Waals surface area contributed by atoms with Gasteiger partial charge in [-0.3, -0.25) is 0 Å². The summed E-state index contributed by atoms with van der Waals surface area (Å²) in [7, 11) is 3.14. The fraction of sp³-hybridized carbons (Fsp3) is 0.167. The average Bonchev–Trinajstić information content (AvgIpc) is 3.10. The minimum atomic E-state index is -4.68. The van der Waals surface area contributed by atoms with Crippen LogP contribution in [0.2, 0.25) is 0 Å². The van der Waals surface area contributed by atoms with Gasteiger partial charge in [-0.05, 0) is 49.1 Å². The van der Waals surface area contributed by atoms with Gasteiger partial charge in [-0.2, -0.15) is 0 Å². The van der Waals surface area contributed by atoms with E-state index in [-0.39, 0.29) is 0 Å². The lowest BCUT2D eigenvalue weighted by Gasteiger charge is -2.27. The molecule has 9 heteroatoms. The first-order chi connectivity index (χ1) is 12.8. The highest BCUT2D eigenvalue weighted by molar-refractivity contribution is 8.53. The Bertz CT molecular complexity index is 996. The van der Waals surface area contributed by atoms with Crippen molar-refractivity contribution in [1.82, 2.24) is 5.16 Å². The maximum atomic E-state index is 10.9. The number of hydrogen-bond acceptors (Lipinski definition) is 8. The average molecular weight is 405 g/mol. The molecule has 2 aromatic carbocycles. The highest BCUT2D eigenvalue weighted by Crippen LogP contribution is 2.47. The zero-order chi connectivity index (χ0) is 19.6. The van der Waals surface area contributed by atoms with Gasteiger partial charge in [0.15, 0.2) is 11.5 Å². The first-order valence-corrected chi connectivity index (χ1v) is 10.8. The summed E-state index contributed by atoms with van der Waals surface area (Å²) in [6.07, 6.45) is 1.51. The Labute approximate surface area is 160 Å². The summed E-state index contributed by atoms with van der Waals surface area (Å²) in [5, 5.41) is 4.10. The molecule has 1 heterocycles. The number of nitrogens with zero attached hydrogens (tertiary/aromatic N) is 1. The predicted octanol–water partition coefficient (Wildman–Crippen LogP) is 3.26. The lowest BCUT2D eigenvalue weighted by Crippen LogP contribution is -2.09. The molecular weight excluding hydrogens is 389 g/mol. The fourth-order valence-corrected chi connectivity index (χ4v) is 4.42. The summed E-state index contributed by atoms with van der Waals surface area (Å²) in [5.41, 5.74) is 3.78. The van der Waals surface area contributed by atoms with Gasteiger partial charge in [0.1, 0.15) is 12.0 Å². The Morgan fingerprint density at radius 2 is 1.78 bits per heavy atom. The molecule has 0 aliphatic carbocycles. The van der Waals surface area contributed by atoms with E-state index in [1.807, 2.05) is 19.1 Å². The molecule has 0 bridgehead atoms. The van der Waals surface area contributed by atoms with Crippen LogP contribution in [-0.4, -0.2) is 19.4 Å². The molecule has 3 aromatic rings. The standard InChI is InChI=1S/C18H18NO6PS/c1-11-8-13(9-16(23-2)18(11)24-3)17-15(10-25-19-17)12-4-6-14(7-5-12)27-26(20,21)22/h4-10H,1-3H3,(H2,20,21,22)/p-2. The van der Waals surface area contributed by atoms with Crippen LogP contribution in [0.15, 0.2) is 52.1 Å². The van der Waals surface area contributed by atoms with Crippen molar-refractivity contribution in [3.8, 4) is 33.9 Å². The molecule has 0 atom stereocenters. The Hall–Kier alpha value is -2.25. The molecule has 1 aromatic heterocycles. The highest BCUT2D eigenvalue weighted by Gasteiger charge is 2.17. The number of methoxy groups -OCH3 is 2. The van der Waals surface area contributed by atoms with Gasteiger partial charge in [-0.25, -0.2) is 0 Å². The molecule has 0 fully saturated rings. The minimum Gasteiger partial charge on any atom is -0.803 e. The van der Waals surface area contributed by atoms with Crippen molar-refractivity contribution < 1.29 is 28.3 Å². The summed E-state index contributed by atoms with van der Waals surface area (Å²) >= 11 is 0.293. The molecule has 27 heavy (non-hydrogen) atoms. The number of aromatic nitrogens is 1. The molecule has 0 aliphatic heterocycles. The van der Waals surface area contributed by atoms with E-state index in [4.69, 9.17) is 14.0 Å². The van der Waals surface area contributed by atoms with E-state index in [0.717, 1.165) is 22.3 Å². The third-order valence-electron chi connectivity index (χ3n) is 3.89. The van der Waals surface area contributed by atoms with E-state index in [2.05, 4.69) is 5.16 Å². The normalized spacial score (nSPS) is 11.4. The van der Waals surface area contributed by atoms with Crippen LogP contribution in [0.4, 0.5) is 0 Å². The summed E-state index contributed by atoms with van der Waals surface area (Å²) in [6.45, 7) is -2.78. The maximum Gasteiger partial charge on any atom is 0.163 e. The number of ether oxygens (including phenoxy) is 2. The molecule has 0 saturated carbocycles. The van der Waals surface area contributed by atoms with Crippen LogP contribution in [0, 0.1) is 6.92 Å². The van der Waals surface area contributed by atoms with Crippen molar-refractivity contribution in [1.29, 1.82) is 0 Å². The zero-order valence-corrected chi connectivity index (χ0v) is 16.5. The van der Waals surface area contributed by atoms with E-state index >= 15 is 0 Å². The molecule has 0 radical (unpaired) electrons. The zero-order valence-electron chi connectivity index (χ0n) is 14.8. The molecule has 7 nitrogen and oxygen atoms in total. The first-order valence-electron chi connectivity index (χ1n) is 7.82. The summed E-state index contributed by atoms with van der Waals surface area (Å²) in [5.74, 6) is 1.22. The van der Waals surface area contributed by atoms with Crippen LogP contribution in [-0.2, 0) is 4.57 Å². The van der Waals surface area contributed by atoms with Gasteiger partial charge in [0, 0.05) is 16.0 Å². The predicted molar refractivity (Wildman–Crippen MR) is 98.7 cm³/mol. The summed E-state index contributed by atoms with van der Waals surface area (Å²) in [6, 6.07) is 10.3. The second kappa shape index (κ2) is 7.78. The Morgan fingerprint density at radius 3 is 2.37 bits per heavy atom. The van der Waals surface area contributed by atoms with E-state index in [0.29, 0.717) is 33.5 Å². The largest absolute Gasteiger partial charge is 0.803 e. The molecule has 0 spiro atoms. The van der Waals surface area contributed by atoms with Gasteiger partial charge in [-0.1, -0.05) is 28.7 Å². The monoisotopic (exact) mass is 405 g/mol. The van der Waals surface area contributed by atoms with Crippen molar-refractivity contribution in [2.24, 2.45) is 0 Å². The molecule has 0 unspecified atom stereocenters. The second-order valence-electron chi connectivity index (χ2n) is 5.67. The van der Waals surface area contributed by atoms with Crippen LogP contribution in [0.3, 0.4) is 0 Å². The number of hydrogen-bond donors (Lipinski definition) is 0. The van der Waals surface area contributed by atoms with E-state index in [9.17, 15) is 14.4 Å². The second-order valence-corrected chi connectivity index (χ2v) is 9.11. The van der Waals surface area contributed by atoms with Crippen molar-refractivity contribution in [3.63, 3.8) is 0 Å². The van der Waals surface area contributed by atoms with Crippen molar-refractivity contribution in [2.45, 2.75) is 11.8 Å². The molecule has 142 valence electrons. The van der Waals surface area contributed by atoms with Crippen LogP contribution in [0.25, 0.3) is 22.4 Å². The van der Waals surface area contributed by atoms with Crippen LogP contribution in [0.1, 0.15) is 5.56 Å². The topological polar surface area (TPSA) is 108 Å². The molecular formula is C18H16NO6PS-2. The van der Waals surface area contributed by atoms with E-state index in [1.54, 1.807) is 38.5 Å². The molecule has 0 saturated heterocycles. The van der Waals surface area contributed by atoms with Gasteiger partial charge >= 0.3 is 0 Å². The van der Waals surface area contributed by atoms with Crippen molar-refractivity contribution in [2.75, 3.05) is 14.2 Å². The maximum absolute atomic E-state index is 10.9. The van der Waals surface area contributed by atoms with Gasteiger partial charge in [0.25, 0.3) is 0 Å². The van der Waals surface area contributed by atoms with E-state index in [1.165, 1.54) is 6.26 Å².